The molecule has 118 valence electrons. The quantitative estimate of drug-likeness (QED) is 0.926. The Morgan fingerprint density at radius 3 is 2.55 bits per heavy atom. The molecule has 0 radical (unpaired) electrons. The van der Waals surface area contributed by atoms with Gasteiger partial charge in [-0.15, -0.1) is 0 Å². The highest BCUT2D eigenvalue weighted by Gasteiger charge is 2.47. The summed E-state index contributed by atoms with van der Waals surface area (Å²) >= 11 is 0. The highest BCUT2D eigenvalue weighted by Crippen LogP contribution is 2.48. The molecule has 1 aromatic rings. The van der Waals surface area contributed by atoms with Crippen LogP contribution in [0.4, 0.5) is 0 Å². The molecule has 3 rings (SSSR count). The zero-order chi connectivity index (χ0) is 15.9. The van der Waals surface area contributed by atoms with Crippen molar-refractivity contribution in [2.45, 2.75) is 26.2 Å². The van der Waals surface area contributed by atoms with Crippen LogP contribution in [0.2, 0.25) is 0 Å². The lowest BCUT2D eigenvalue weighted by atomic mass is 9.79. The minimum atomic E-state index is -0.627. The van der Waals surface area contributed by atoms with Gasteiger partial charge >= 0.3 is 0 Å². The zero-order valence-corrected chi connectivity index (χ0v) is 13.3. The van der Waals surface area contributed by atoms with Gasteiger partial charge in [-0.05, 0) is 37.8 Å². The second-order valence-electron chi connectivity index (χ2n) is 5.77. The summed E-state index contributed by atoms with van der Waals surface area (Å²) < 4.78 is 16.5. The van der Waals surface area contributed by atoms with Crippen LogP contribution in [0, 0.1) is 5.41 Å². The number of benzene rings is 1. The normalized spacial score (nSPS) is 22.9. The fourth-order valence-corrected chi connectivity index (χ4v) is 3.32. The average molecular weight is 304 g/mol. The van der Waals surface area contributed by atoms with Crippen LogP contribution in [-0.4, -0.2) is 32.9 Å². The Labute approximate surface area is 129 Å². The summed E-state index contributed by atoms with van der Waals surface area (Å²) in [5.41, 5.74) is 4.62. The lowest BCUT2D eigenvalue weighted by Gasteiger charge is -2.23. The number of hydrogen-bond acceptors (Lipinski definition) is 5. The van der Waals surface area contributed by atoms with Crippen molar-refractivity contribution in [2.75, 3.05) is 21.3 Å². The van der Waals surface area contributed by atoms with Crippen LogP contribution < -0.4 is 19.6 Å². The van der Waals surface area contributed by atoms with Crippen molar-refractivity contribution < 1.29 is 19.0 Å². The molecule has 1 aliphatic carbocycles. The minimum absolute atomic E-state index is 0.0628. The molecule has 22 heavy (non-hydrogen) atoms. The molecule has 1 aliphatic heterocycles. The van der Waals surface area contributed by atoms with Gasteiger partial charge < -0.3 is 14.2 Å². The number of carbonyl (C=O) groups excluding carboxylic acids is 1. The largest absolute Gasteiger partial charge is 0.493 e. The van der Waals surface area contributed by atoms with Crippen molar-refractivity contribution >= 4 is 11.6 Å². The molecule has 1 aromatic carbocycles. The average Bonchev–Trinajstić information content (AvgIpc) is 2.72. The summed E-state index contributed by atoms with van der Waals surface area (Å²) in [5.74, 6) is 1.65. The summed E-state index contributed by atoms with van der Waals surface area (Å²) in [5, 5.41) is 4.29. The van der Waals surface area contributed by atoms with Crippen LogP contribution in [0.15, 0.2) is 11.2 Å². The first-order valence-electron chi connectivity index (χ1n) is 7.27. The number of amides is 1. The minimum Gasteiger partial charge on any atom is -0.493 e. The van der Waals surface area contributed by atoms with Gasteiger partial charge in [-0.25, -0.2) is 5.43 Å². The monoisotopic (exact) mass is 304 g/mol. The SMILES string of the molecule is COc1cc2c(c(OC)c1OC)C1=NNC(=O)[C@]1(C)CCC2. The van der Waals surface area contributed by atoms with Crippen molar-refractivity contribution in [1.29, 1.82) is 0 Å². The Hall–Kier alpha value is -2.24. The Bertz CT molecular complexity index is 669. The highest BCUT2D eigenvalue weighted by molar-refractivity contribution is 6.21. The van der Waals surface area contributed by atoms with E-state index in [4.69, 9.17) is 14.2 Å². The van der Waals surface area contributed by atoms with Gasteiger partial charge in [-0.1, -0.05) is 0 Å². The summed E-state index contributed by atoms with van der Waals surface area (Å²) in [7, 11) is 4.76. The standard InChI is InChI=1S/C16H20N2O4/c1-16-7-5-6-9-8-10(20-2)12(21-3)13(22-4)11(9)14(16)17-18-15(16)19/h8H,5-7H2,1-4H3,(H,18,19)/t16-/m1/s1. The third-order valence-corrected chi connectivity index (χ3v) is 4.56. The van der Waals surface area contributed by atoms with E-state index >= 15 is 0 Å². The summed E-state index contributed by atoms with van der Waals surface area (Å²) in [6, 6.07) is 1.95. The number of hydrogen-bond donors (Lipinski definition) is 1. The molecule has 6 nitrogen and oxygen atoms in total. The molecule has 0 saturated carbocycles. The molecule has 0 unspecified atom stereocenters. The van der Waals surface area contributed by atoms with Gasteiger partial charge in [0.05, 0.1) is 32.5 Å². The van der Waals surface area contributed by atoms with E-state index in [9.17, 15) is 4.79 Å². The van der Waals surface area contributed by atoms with E-state index in [1.807, 2.05) is 13.0 Å². The van der Waals surface area contributed by atoms with Crippen LogP contribution in [-0.2, 0) is 11.2 Å². The van der Waals surface area contributed by atoms with Gasteiger partial charge in [0.2, 0.25) is 5.75 Å². The second-order valence-corrected chi connectivity index (χ2v) is 5.77. The number of fused-ring (bicyclic) bond motifs is 3. The molecule has 1 heterocycles. The molecule has 0 aromatic heterocycles. The maximum Gasteiger partial charge on any atom is 0.252 e. The molecule has 0 bridgehead atoms. The predicted octanol–water partition coefficient (Wildman–Crippen LogP) is 1.89. The number of nitrogens with zero attached hydrogens (tertiary/aromatic N) is 1. The smallest absolute Gasteiger partial charge is 0.252 e. The molecule has 0 spiro atoms. The van der Waals surface area contributed by atoms with E-state index in [1.54, 1.807) is 21.3 Å². The van der Waals surface area contributed by atoms with Gasteiger partial charge in [0.1, 0.15) is 0 Å². The summed E-state index contributed by atoms with van der Waals surface area (Å²) in [6.45, 7) is 1.93. The van der Waals surface area contributed by atoms with Gasteiger partial charge in [-0.3, -0.25) is 4.79 Å². The Morgan fingerprint density at radius 1 is 1.18 bits per heavy atom. The zero-order valence-electron chi connectivity index (χ0n) is 13.3. The van der Waals surface area contributed by atoms with Crippen LogP contribution in [0.25, 0.3) is 0 Å². The Morgan fingerprint density at radius 2 is 1.91 bits per heavy atom. The number of ether oxygens (including phenoxy) is 3. The van der Waals surface area contributed by atoms with Crippen LogP contribution >= 0.6 is 0 Å². The van der Waals surface area contributed by atoms with E-state index in [2.05, 4.69) is 10.5 Å². The number of methoxy groups -OCH3 is 3. The third-order valence-electron chi connectivity index (χ3n) is 4.56. The van der Waals surface area contributed by atoms with E-state index < -0.39 is 5.41 Å². The van der Waals surface area contributed by atoms with E-state index in [-0.39, 0.29) is 5.91 Å². The van der Waals surface area contributed by atoms with E-state index in [1.165, 1.54) is 0 Å². The fourth-order valence-electron chi connectivity index (χ4n) is 3.32. The van der Waals surface area contributed by atoms with Crippen molar-refractivity contribution in [3.8, 4) is 17.2 Å². The van der Waals surface area contributed by atoms with Crippen LogP contribution in [0.1, 0.15) is 30.9 Å². The van der Waals surface area contributed by atoms with Crippen molar-refractivity contribution in [3.05, 3.63) is 17.2 Å². The predicted molar refractivity (Wildman–Crippen MR) is 81.8 cm³/mol. The molecule has 0 saturated heterocycles. The summed E-state index contributed by atoms with van der Waals surface area (Å²) in [6.07, 6.45) is 2.49. The molecule has 6 heteroatoms. The molecule has 1 atom stereocenters. The van der Waals surface area contributed by atoms with Gasteiger partial charge in [0, 0.05) is 5.56 Å². The first-order chi connectivity index (χ1) is 10.6. The van der Waals surface area contributed by atoms with Crippen LogP contribution in [0.3, 0.4) is 0 Å². The molecule has 0 fully saturated rings. The first kappa shape index (κ1) is 14.7. The maximum absolute atomic E-state index is 12.2. The molecular weight excluding hydrogens is 284 g/mol. The number of rotatable bonds is 3. The summed E-state index contributed by atoms with van der Waals surface area (Å²) in [4.78, 5) is 12.2. The number of carbonyl (C=O) groups is 1. The Balaban J connectivity index is 2.30. The van der Waals surface area contributed by atoms with Crippen molar-refractivity contribution in [1.82, 2.24) is 5.43 Å². The Kier molecular flexibility index (Phi) is 3.47. The second kappa shape index (κ2) is 5.19. The van der Waals surface area contributed by atoms with Crippen LogP contribution in [0.5, 0.6) is 17.2 Å². The number of hydrazone groups is 1. The molecule has 2 aliphatic rings. The van der Waals surface area contributed by atoms with Gasteiger partial charge in [0.25, 0.3) is 5.91 Å². The maximum atomic E-state index is 12.2. The van der Waals surface area contributed by atoms with Gasteiger partial charge in [0.15, 0.2) is 11.5 Å². The lowest BCUT2D eigenvalue weighted by molar-refractivity contribution is -0.125. The van der Waals surface area contributed by atoms with E-state index in [0.717, 1.165) is 36.1 Å². The highest BCUT2D eigenvalue weighted by atomic mass is 16.5. The fraction of sp³-hybridized carbons (Fsp3) is 0.500. The third kappa shape index (κ3) is 1.86. The van der Waals surface area contributed by atoms with Gasteiger partial charge in [-0.2, -0.15) is 5.10 Å². The first-order valence-corrected chi connectivity index (χ1v) is 7.27. The van der Waals surface area contributed by atoms with Crippen molar-refractivity contribution in [3.63, 3.8) is 0 Å². The van der Waals surface area contributed by atoms with E-state index in [0.29, 0.717) is 17.2 Å². The topological polar surface area (TPSA) is 69.2 Å². The number of nitrogens with one attached hydrogen (secondary N) is 1. The molecular formula is C16H20N2O4. The molecule has 1 N–H and O–H groups in total. The molecule has 1 amide bonds. The lowest BCUT2D eigenvalue weighted by Crippen LogP contribution is -2.35. The number of aryl methyl sites for hydroxylation is 1. The van der Waals surface area contributed by atoms with Crippen molar-refractivity contribution in [2.24, 2.45) is 10.5 Å².